The quantitative estimate of drug-likeness (QED) is 0.500. The number of hydrogen-bond donors (Lipinski definition) is 1. The lowest BCUT2D eigenvalue weighted by Crippen LogP contribution is -2.15. The van der Waals surface area contributed by atoms with Crippen LogP contribution < -0.4 is 5.32 Å². The van der Waals surface area contributed by atoms with Crippen LogP contribution in [-0.4, -0.2) is 44.8 Å². The zero-order chi connectivity index (χ0) is 19.6. The Morgan fingerprint density at radius 3 is 2.81 bits per heavy atom. The van der Waals surface area contributed by atoms with Gasteiger partial charge in [-0.15, -0.1) is 22.0 Å². The van der Waals surface area contributed by atoms with Gasteiger partial charge in [-0.2, -0.15) is 5.26 Å². The molecule has 0 bridgehead atoms. The average Bonchev–Trinajstić information content (AvgIpc) is 2.99. The summed E-state index contributed by atoms with van der Waals surface area (Å²) in [7, 11) is 1.74. The normalized spacial score (nSPS) is 10.3. The molecule has 0 aliphatic carbocycles. The van der Waals surface area contributed by atoms with E-state index in [0.29, 0.717) is 29.0 Å². The minimum Gasteiger partial charge on any atom is -0.466 e. The first-order valence-corrected chi connectivity index (χ1v) is 10.1. The molecule has 27 heavy (non-hydrogen) atoms. The Hall–Kier alpha value is -2.51. The smallest absolute Gasteiger partial charge is 0.313 e. The van der Waals surface area contributed by atoms with E-state index in [1.807, 2.05) is 18.2 Å². The van der Waals surface area contributed by atoms with Crippen LogP contribution in [0.25, 0.3) is 0 Å². The highest BCUT2D eigenvalue weighted by Gasteiger charge is 2.15. The highest BCUT2D eigenvalue weighted by molar-refractivity contribution is 8.00. The third-order valence-electron chi connectivity index (χ3n) is 3.32. The molecule has 1 aromatic carbocycles. The summed E-state index contributed by atoms with van der Waals surface area (Å²) in [4.78, 5) is 24.6. The first-order valence-electron chi connectivity index (χ1n) is 8.10. The van der Waals surface area contributed by atoms with E-state index in [2.05, 4.69) is 21.6 Å². The van der Waals surface area contributed by atoms with E-state index in [-0.39, 0.29) is 24.1 Å². The van der Waals surface area contributed by atoms with Crippen molar-refractivity contribution in [1.29, 1.82) is 5.26 Å². The number of nitrogens with one attached hydrogen (secondary N) is 1. The number of benzene rings is 1. The lowest BCUT2D eigenvalue weighted by atomic mass is 10.3. The first kappa shape index (κ1) is 20.8. The van der Waals surface area contributed by atoms with E-state index in [0.717, 1.165) is 4.90 Å². The molecule has 8 nitrogen and oxygen atoms in total. The Morgan fingerprint density at radius 2 is 2.07 bits per heavy atom. The zero-order valence-corrected chi connectivity index (χ0v) is 16.6. The molecule has 0 saturated carbocycles. The summed E-state index contributed by atoms with van der Waals surface area (Å²) in [6.07, 6.45) is 0.0353. The molecule has 1 amide bonds. The lowest BCUT2D eigenvalue weighted by Gasteiger charge is -2.09. The van der Waals surface area contributed by atoms with E-state index in [1.165, 1.54) is 23.5 Å². The van der Waals surface area contributed by atoms with Gasteiger partial charge in [-0.1, -0.05) is 23.9 Å². The predicted octanol–water partition coefficient (Wildman–Crippen LogP) is 2.27. The van der Waals surface area contributed by atoms with Gasteiger partial charge in [0.05, 0.1) is 29.9 Å². The van der Waals surface area contributed by atoms with Crippen molar-refractivity contribution in [1.82, 2.24) is 14.8 Å². The molecule has 0 aliphatic rings. The van der Waals surface area contributed by atoms with Gasteiger partial charge in [0.15, 0.2) is 5.16 Å². The largest absolute Gasteiger partial charge is 0.466 e. The number of para-hydroxylation sites is 1. The first-order chi connectivity index (χ1) is 13.0. The van der Waals surface area contributed by atoms with E-state index < -0.39 is 0 Å². The van der Waals surface area contributed by atoms with E-state index in [9.17, 15) is 9.59 Å². The number of nitrogens with zero attached hydrogens (tertiary/aromatic N) is 4. The lowest BCUT2D eigenvalue weighted by molar-refractivity contribution is -0.142. The van der Waals surface area contributed by atoms with Crippen LogP contribution in [0.1, 0.15) is 12.7 Å². The molecular weight excluding hydrogens is 386 g/mol. The minimum atomic E-state index is -0.367. The Labute approximate surface area is 165 Å². The van der Waals surface area contributed by atoms with Crippen molar-refractivity contribution in [2.24, 2.45) is 7.05 Å². The Bertz CT molecular complexity index is 847. The number of nitriles is 1. The highest BCUT2D eigenvalue weighted by Crippen LogP contribution is 2.27. The Balaban J connectivity index is 1.92. The summed E-state index contributed by atoms with van der Waals surface area (Å²) in [5.41, 5.74) is 0.671. The van der Waals surface area contributed by atoms with Crippen LogP contribution in [0.15, 0.2) is 34.3 Å². The number of ether oxygens (including phenoxy) is 1. The second-order valence-electron chi connectivity index (χ2n) is 5.22. The average molecular weight is 406 g/mol. The molecule has 2 rings (SSSR count). The van der Waals surface area contributed by atoms with Crippen molar-refractivity contribution in [2.45, 2.75) is 23.4 Å². The number of carbonyl (C=O) groups is 2. The third kappa shape index (κ3) is 6.30. The van der Waals surface area contributed by atoms with Gasteiger partial charge in [-0.3, -0.25) is 9.59 Å². The molecule has 1 heterocycles. The maximum atomic E-state index is 12.3. The minimum absolute atomic E-state index is 0.0353. The zero-order valence-electron chi connectivity index (χ0n) is 15.0. The second kappa shape index (κ2) is 10.6. The van der Waals surface area contributed by atoms with Crippen LogP contribution in [0.4, 0.5) is 5.69 Å². The van der Waals surface area contributed by atoms with Crippen molar-refractivity contribution in [2.75, 3.05) is 23.4 Å². The van der Waals surface area contributed by atoms with Gasteiger partial charge >= 0.3 is 5.97 Å². The molecule has 0 radical (unpaired) electrons. The van der Waals surface area contributed by atoms with Gasteiger partial charge in [0.2, 0.25) is 5.91 Å². The summed E-state index contributed by atoms with van der Waals surface area (Å²) in [6.45, 7) is 2.05. The predicted molar refractivity (Wildman–Crippen MR) is 103 cm³/mol. The Kier molecular flexibility index (Phi) is 8.16. The standard InChI is InChI=1S/C17H19N5O3S2/c1-3-25-16(24)10-14-20-21-17(22(14)2)27-11-15(23)19-12-6-4-5-7-13(12)26-9-8-18/h4-7H,3,9-11H2,1-2H3,(H,19,23). The van der Waals surface area contributed by atoms with Crippen LogP contribution in [-0.2, 0) is 27.8 Å². The number of amides is 1. The second-order valence-corrected chi connectivity index (χ2v) is 7.18. The van der Waals surface area contributed by atoms with Crippen LogP contribution in [0.3, 0.4) is 0 Å². The molecule has 2 aromatic rings. The molecule has 1 aromatic heterocycles. The molecule has 0 saturated heterocycles. The molecule has 0 spiro atoms. The molecule has 0 fully saturated rings. The summed E-state index contributed by atoms with van der Waals surface area (Å²) < 4.78 is 6.57. The van der Waals surface area contributed by atoms with Crippen molar-refractivity contribution in [3.05, 3.63) is 30.1 Å². The third-order valence-corrected chi connectivity index (χ3v) is 5.28. The van der Waals surface area contributed by atoms with Gasteiger partial charge < -0.3 is 14.6 Å². The molecular formula is C17H19N5O3S2. The van der Waals surface area contributed by atoms with E-state index in [4.69, 9.17) is 10.00 Å². The number of thioether (sulfide) groups is 2. The number of carbonyl (C=O) groups excluding carboxylic acids is 2. The fourth-order valence-corrected chi connectivity index (χ4v) is 3.49. The summed E-state index contributed by atoms with van der Waals surface area (Å²) in [5, 5.41) is 20.1. The molecule has 0 aliphatic heterocycles. The molecule has 10 heteroatoms. The molecule has 142 valence electrons. The fourth-order valence-electron chi connectivity index (χ4n) is 2.09. The molecule has 0 atom stereocenters. The topological polar surface area (TPSA) is 110 Å². The number of rotatable bonds is 9. The van der Waals surface area contributed by atoms with Gasteiger partial charge in [-0.25, -0.2) is 0 Å². The monoisotopic (exact) mass is 405 g/mol. The van der Waals surface area contributed by atoms with Gasteiger partial charge in [0.25, 0.3) is 0 Å². The Morgan fingerprint density at radius 1 is 1.30 bits per heavy atom. The number of esters is 1. The van der Waals surface area contributed by atoms with Crippen molar-refractivity contribution < 1.29 is 14.3 Å². The number of aromatic nitrogens is 3. The summed E-state index contributed by atoms with van der Waals surface area (Å²) in [5.74, 6) is 0.371. The number of hydrogen-bond acceptors (Lipinski definition) is 8. The SMILES string of the molecule is CCOC(=O)Cc1nnc(SCC(=O)Nc2ccccc2SCC#N)n1C. The maximum absolute atomic E-state index is 12.3. The van der Waals surface area contributed by atoms with Crippen molar-refractivity contribution in [3.8, 4) is 6.07 Å². The van der Waals surface area contributed by atoms with E-state index in [1.54, 1.807) is 24.6 Å². The van der Waals surface area contributed by atoms with Gasteiger partial charge in [0.1, 0.15) is 12.2 Å². The van der Waals surface area contributed by atoms with Crippen LogP contribution >= 0.6 is 23.5 Å². The van der Waals surface area contributed by atoms with Crippen molar-refractivity contribution in [3.63, 3.8) is 0 Å². The van der Waals surface area contributed by atoms with Gasteiger partial charge in [-0.05, 0) is 19.1 Å². The van der Waals surface area contributed by atoms with Crippen molar-refractivity contribution >= 4 is 41.1 Å². The number of anilines is 1. The summed E-state index contributed by atoms with van der Waals surface area (Å²) >= 11 is 2.59. The van der Waals surface area contributed by atoms with E-state index >= 15 is 0 Å². The molecule has 0 unspecified atom stereocenters. The van der Waals surface area contributed by atoms with Crippen LogP contribution in [0.2, 0.25) is 0 Å². The van der Waals surface area contributed by atoms with Gasteiger partial charge in [0, 0.05) is 11.9 Å². The van der Waals surface area contributed by atoms with Crippen LogP contribution in [0.5, 0.6) is 0 Å². The maximum Gasteiger partial charge on any atom is 0.313 e. The molecule has 1 N–H and O–H groups in total. The summed E-state index contributed by atoms with van der Waals surface area (Å²) in [6, 6.07) is 9.40. The fraction of sp³-hybridized carbons (Fsp3) is 0.353. The highest BCUT2D eigenvalue weighted by atomic mass is 32.2. The van der Waals surface area contributed by atoms with Crippen LogP contribution in [0, 0.1) is 11.3 Å².